The van der Waals surface area contributed by atoms with Crippen LogP contribution in [0.2, 0.25) is 0 Å². The van der Waals surface area contributed by atoms with Gasteiger partial charge in [0.15, 0.2) is 23.6 Å². The lowest BCUT2D eigenvalue weighted by molar-refractivity contribution is -0.247. The molecule has 3 aliphatic rings. The number of carbonyl (C=O) groups excluding carboxylic acids is 3. The third-order valence-electron chi connectivity index (χ3n) is 7.50. The molecule has 5 rings (SSSR count). The van der Waals surface area contributed by atoms with E-state index >= 15 is 0 Å². The van der Waals surface area contributed by atoms with Crippen molar-refractivity contribution in [2.45, 2.75) is 84.2 Å². The summed E-state index contributed by atoms with van der Waals surface area (Å²) in [4.78, 5) is 39.0. The number of rotatable bonds is 3. The molecule has 2 aliphatic carbocycles. The first-order valence-electron chi connectivity index (χ1n) is 11.7. The molecular weight excluding hydrogens is 658 g/mol. The van der Waals surface area contributed by atoms with Gasteiger partial charge in [0.25, 0.3) is 0 Å². The standard InChI is InChI=1S/C26H27NO9.2CH4.ClH.4H2S/c1-10-21(29)15(27)7-17(35-10)36-16-9-26(34,11(2)28)8-14-18(16)25(33)20-19(24(14)32)22(30)12-5-3-4-6-13(12)23(20)31;;;;;;;/h3-6,10,15-17,21,29,32-34H,7-9,27H2,1-2H3;2*1H4;1H;4*1H2/t10-,15+,16+,17+,21+,26+;;;;;;;/m1......./s1. The van der Waals surface area contributed by atoms with Crippen LogP contribution in [0, 0.1) is 0 Å². The van der Waals surface area contributed by atoms with Gasteiger partial charge in [0.05, 0.1) is 29.4 Å². The molecule has 15 heteroatoms. The summed E-state index contributed by atoms with van der Waals surface area (Å²) in [5.74, 6) is -3.06. The van der Waals surface area contributed by atoms with Crippen molar-refractivity contribution in [3.05, 3.63) is 57.6 Å². The summed E-state index contributed by atoms with van der Waals surface area (Å²) in [7, 11) is 0. The van der Waals surface area contributed by atoms with Crippen LogP contribution in [0.1, 0.15) is 90.6 Å². The molecule has 43 heavy (non-hydrogen) atoms. The van der Waals surface area contributed by atoms with Gasteiger partial charge < -0.3 is 35.6 Å². The number of phenolic OH excluding ortho intramolecular Hbond substituents is 2. The first-order valence-corrected chi connectivity index (χ1v) is 11.7. The Hall–Kier alpha value is -1.46. The summed E-state index contributed by atoms with van der Waals surface area (Å²) < 4.78 is 11.8. The Balaban J connectivity index is -0.00000229. The summed E-state index contributed by atoms with van der Waals surface area (Å²) >= 11 is 0. The van der Waals surface area contributed by atoms with Crippen molar-refractivity contribution in [1.82, 2.24) is 0 Å². The maximum atomic E-state index is 13.3. The fraction of sp³-hybridized carbons (Fsp3) is 0.464. The molecule has 10 nitrogen and oxygen atoms in total. The summed E-state index contributed by atoms with van der Waals surface area (Å²) in [6.07, 6.45) is -4.38. The second-order valence-electron chi connectivity index (χ2n) is 9.80. The van der Waals surface area contributed by atoms with E-state index in [2.05, 4.69) is 0 Å². The van der Waals surface area contributed by atoms with E-state index in [0.29, 0.717) is 0 Å². The van der Waals surface area contributed by atoms with Gasteiger partial charge in [-0.15, -0.1) is 12.4 Å². The van der Waals surface area contributed by atoms with Gasteiger partial charge in [-0.05, 0) is 13.8 Å². The molecule has 0 unspecified atom stereocenters. The molecule has 2 aromatic carbocycles. The van der Waals surface area contributed by atoms with Crippen LogP contribution in [0.5, 0.6) is 11.5 Å². The van der Waals surface area contributed by atoms with Crippen LogP contribution < -0.4 is 5.73 Å². The van der Waals surface area contributed by atoms with E-state index in [1.165, 1.54) is 19.1 Å². The molecule has 246 valence electrons. The Morgan fingerprint density at radius 2 is 1.49 bits per heavy atom. The highest BCUT2D eigenvalue weighted by molar-refractivity contribution is 7.59. The van der Waals surface area contributed by atoms with E-state index in [1.807, 2.05) is 0 Å². The lowest BCUT2D eigenvalue weighted by atomic mass is 9.72. The molecule has 1 heterocycles. The van der Waals surface area contributed by atoms with Crippen LogP contribution in [0.3, 0.4) is 0 Å². The van der Waals surface area contributed by atoms with Crippen LogP contribution in [-0.2, 0) is 20.7 Å². The van der Waals surface area contributed by atoms with Gasteiger partial charge in [0.2, 0.25) is 0 Å². The number of ether oxygens (including phenoxy) is 2. The molecule has 6 N–H and O–H groups in total. The quantitative estimate of drug-likeness (QED) is 0.255. The van der Waals surface area contributed by atoms with Crippen molar-refractivity contribution in [3.63, 3.8) is 0 Å². The van der Waals surface area contributed by atoms with Crippen molar-refractivity contribution < 1.29 is 44.3 Å². The Labute approximate surface area is 285 Å². The van der Waals surface area contributed by atoms with E-state index < -0.39 is 71.5 Å². The number of nitrogens with two attached hydrogens (primary N) is 1. The Morgan fingerprint density at radius 1 is 1.00 bits per heavy atom. The number of ketones is 3. The van der Waals surface area contributed by atoms with Crippen LogP contribution in [0.15, 0.2) is 24.3 Å². The number of phenols is 2. The number of hydrogen-bond donors (Lipinski definition) is 5. The minimum absolute atomic E-state index is 0. The van der Waals surface area contributed by atoms with E-state index in [9.17, 15) is 34.8 Å². The summed E-state index contributed by atoms with van der Waals surface area (Å²) in [6, 6.07) is 5.40. The van der Waals surface area contributed by atoms with Crippen molar-refractivity contribution in [2.75, 3.05) is 0 Å². The van der Waals surface area contributed by atoms with Crippen molar-refractivity contribution in [3.8, 4) is 11.5 Å². The second kappa shape index (κ2) is 16.7. The normalized spacial score (nSPS) is 26.3. The number of hydrogen-bond acceptors (Lipinski definition) is 10. The average Bonchev–Trinajstić information content (AvgIpc) is 2.82. The monoisotopic (exact) mass is 701 g/mol. The molecular formula is C28H44ClNO9S4. The van der Waals surface area contributed by atoms with E-state index in [1.54, 1.807) is 19.1 Å². The number of aliphatic hydroxyl groups is 2. The van der Waals surface area contributed by atoms with Gasteiger partial charge in [-0.2, -0.15) is 54.0 Å². The molecule has 1 aliphatic heterocycles. The molecule has 0 radical (unpaired) electrons. The predicted molar refractivity (Wildman–Crippen MR) is 186 cm³/mol. The molecule has 1 fully saturated rings. The second-order valence-corrected chi connectivity index (χ2v) is 9.80. The minimum Gasteiger partial charge on any atom is -0.507 e. The smallest absolute Gasteiger partial charge is 0.198 e. The highest BCUT2D eigenvalue weighted by Crippen LogP contribution is 2.52. The Kier molecular flexibility index (Phi) is 17.9. The fourth-order valence-electron chi connectivity index (χ4n) is 5.42. The summed E-state index contributed by atoms with van der Waals surface area (Å²) in [5.41, 5.74) is 3.38. The molecule has 0 spiro atoms. The third kappa shape index (κ3) is 7.51. The van der Waals surface area contributed by atoms with Crippen LogP contribution >= 0.6 is 66.4 Å². The third-order valence-corrected chi connectivity index (χ3v) is 7.50. The van der Waals surface area contributed by atoms with Crippen LogP contribution in [-0.4, -0.2) is 67.9 Å². The first-order chi connectivity index (χ1) is 16.9. The molecule has 2 aromatic rings. The van der Waals surface area contributed by atoms with E-state index in [4.69, 9.17) is 15.2 Å². The molecule has 0 amide bonds. The largest absolute Gasteiger partial charge is 0.507 e. The first kappa shape index (κ1) is 46.0. The maximum absolute atomic E-state index is 13.3. The summed E-state index contributed by atoms with van der Waals surface area (Å²) in [5, 5.41) is 43.8. The Morgan fingerprint density at radius 3 is 1.95 bits per heavy atom. The number of benzene rings is 2. The van der Waals surface area contributed by atoms with Crippen molar-refractivity contribution in [1.29, 1.82) is 0 Å². The number of halogens is 1. The highest BCUT2D eigenvalue weighted by atomic mass is 35.5. The number of aromatic hydroxyl groups is 2. The highest BCUT2D eigenvalue weighted by Gasteiger charge is 2.49. The lowest BCUT2D eigenvalue weighted by Gasteiger charge is -2.42. The SMILES string of the molecule is C.C.CC(=O)[C@]1(O)Cc2c(O)c3c(c(O)c2[C@@H](O[C@H]2C[C@H](N)[C@@H](O)[C@@H](C)O2)C1)C(=O)c1ccccc1C3=O.Cl.S.S.S.S. The number of fused-ring (bicyclic) bond motifs is 3. The van der Waals surface area contributed by atoms with Crippen LogP contribution in [0.25, 0.3) is 0 Å². The van der Waals surface area contributed by atoms with Gasteiger partial charge in [0, 0.05) is 47.6 Å². The summed E-state index contributed by atoms with van der Waals surface area (Å²) in [6.45, 7) is 2.80. The molecule has 0 aromatic heterocycles. The zero-order chi connectivity index (χ0) is 26.1. The zero-order valence-corrected chi connectivity index (χ0v) is 26.9. The molecule has 0 bridgehead atoms. The van der Waals surface area contributed by atoms with Crippen LogP contribution in [0.4, 0.5) is 0 Å². The number of Topliss-reactive ketones (excluding diaryl/α,β-unsaturated/α-hetero) is 1. The topological polar surface area (TPSA) is 177 Å². The van der Waals surface area contributed by atoms with Gasteiger partial charge in [-0.25, -0.2) is 0 Å². The minimum atomic E-state index is -1.97. The lowest BCUT2D eigenvalue weighted by Crippen LogP contribution is -2.52. The zero-order valence-electron chi connectivity index (χ0n) is 22.1. The van der Waals surface area contributed by atoms with Crippen molar-refractivity contribution >= 4 is 83.7 Å². The van der Waals surface area contributed by atoms with E-state index in [-0.39, 0.29) is 127 Å². The van der Waals surface area contributed by atoms with Gasteiger partial charge in [-0.1, -0.05) is 39.1 Å². The van der Waals surface area contributed by atoms with Gasteiger partial charge >= 0.3 is 0 Å². The van der Waals surface area contributed by atoms with E-state index in [0.717, 1.165) is 0 Å². The average molecular weight is 702 g/mol. The number of aliphatic hydroxyl groups excluding tert-OH is 1. The fourth-order valence-corrected chi connectivity index (χ4v) is 5.42. The Bertz CT molecular complexity index is 1320. The predicted octanol–water partition coefficient (Wildman–Crippen LogP) is 3.17. The number of carbonyl (C=O) groups is 3. The molecule has 6 atom stereocenters. The van der Waals surface area contributed by atoms with Crippen molar-refractivity contribution in [2.24, 2.45) is 5.73 Å². The van der Waals surface area contributed by atoms with Gasteiger partial charge in [0.1, 0.15) is 17.1 Å². The molecule has 1 saturated heterocycles. The maximum Gasteiger partial charge on any atom is 0.198 e. The van der Waals surface area contributed by atoms with Gasteiger partial charge in [-0.3, -0.25) is 14.4 Å². The molecule has 0 saturated carbocycles.